The maximum atomic E-state index is 12.3. The number of piperidine rings is 1. The second-order valence-electron chi connectivity index (χ2n) is 7.69. The molecule has 30 heavy (non-hydrogen) atoms. The first-order valence-corrected chi connectivity index (χ1v) is 9.77. The summed E-state index contributed by atoms with van der Waals surface area (Å²) in [4.78, 5) is 43.1. The molecule has 0 bridgehead atoms. The van der Waals surface area contributed by atoms with Gasteiger partial charge in [-0.25, -0.2) is 15.0 Å². The van der Waals surface area contributed by atoms with Crippen molar-refractivity contribution < 1.29 is 9.59 Å². The van der Waals surface area contributed by atoms with Gasteiger partial charge in [0.15, 0.2) is 0 Å². The highest BCUT2D eigenvalue weighted by Gasteiger charge is 2.53. The number of rotatable bonds is 5. The SMILES string of the molecule is Cc1nc(N2C[C@H]3C[C@H]3C2=O)ncc1[C@@H](C)n1cc(NC(=O)c2cnccn2)cn1. The molecule has 1 aliphatic heterocycles. The van der Waals surface area contributed by atoms with Crippen LogP contribution < -0.4 is 10.2 Å². The van der Waals surface area contributed by atoms with Gasteiger partial charge in [0.05, 0.1) is 24.1 Å². The third-order valence-corrected chi connectivity index (χ3v) is 5.67. The van der Waals surface area contributed by atoms with Crippen LogP contribution in [0.5, 0.6) is 0 Å². The number of anilines is 2. The molecule has 2 aliphatic rings. The van der Waals surface area contributed by atoms with Gasteiger partial charge < -0.3 is 5.32 Å². The minimum atomic E-state index is -0.354. The van der Waals surface area contributed by atoms with E-state index in [1.807, 2.05) is 13.8 Å². The number of nitrogens with one attached hydrogen (secondary N) is 1. The molecule has 2 fully saturated rings. The average Bonchev–Trinajstić information content (AvgIpc) is 3.25. The van der Waals surface area contributed by atoms with E-state index < -0.39 is 0 Å². The maximum absolute atomic E-state index is 12.3. The summed E-state index contributed by atoms with van der Waals surface area (Å²) in [6.07, 6.45) is 10.4. The molecule has 10 heteroatoms. The summed E-state index contributed by atoms with van der Waals surface area (Å²) in [5.74, 6) is 0.896. The lowest BCUT2D eigenvalue weighted by Crippen LogP contribution is -2.30. The Morgan fingerprint density at radius 3 is 2.80 bits per heavy atom. The van der Waals surface area contributed by atoms with Gasteiger partial charge in [0.25, 0.3) is 5.91 Å². The maximum Gasteiger partial charge on any atom is 0.275 e. The number of hydrogen-bond acceptors (Lipinski definition) is 7. The molecule has 0 spiro atoms. The number of carbonyl (C=O) groups is 2. The van der Waals surface area contributed by atoms with Crippen molar-refractivity contribution in [3.05, 3.63) is 54.1 Å². The number of amides is 2. The molecule has 1 N–H and O–H groups in total. The van der Waals surface area contributed by atoms with E-state index in [0.29, 0.717) is 24.1 Å². The molecule has 0 radical (unpaired) electrons. The normalized spacial score (nSPS) is 20.7. The molecule has 3 aromatic heterocycles. The fourth-order valence-electron chi connectivity index (χ4n) is 3.83. The van der Waals surface area contributed by atoms with E-state index in [9.17, 15) is 9.59 Å². The minimum Gasteiger partial charge on any atom is -0.318 e. The van der Waals surface area contributed by atoms with E-state index in [-0.39, 0.29) is 29.5 Å². The van der Waals surface area contributed by atoms with Gasteiger partial charge in [-0.3, -0.25) is 24.2 Å². The van der Waals surface area contributed by atoms with Gasteiger partial charge in [0, 0.05) is 48.5 Å². The third-order valence-electron chi connectivity index (χ3n) is 5.67. The summed E-state index contributed by atoms with van der Waals surface area (Å²) in [5, 5.41) is 7.11. The van der Waals surface area contributed by atoms with E-state index in [0.717, 1.165) is 17.7 Å². The first-order valence-electron chi connectivity index (χ1n) is 9.77. The first kappa shape index (κ1) is 18.3. The number of carbonyl (C=O) groups excluding carboxylic acids is 2. The molecule has 10 nitrogen and oxygen atoms in total. The molecule has 0 unspecified atom stereocenters. The molecule has 1 aliphatic carbocycles. The monoisotopic (exact) mass is 404 g/mol. The molecule has 4 heterocycles. The van der Waals surface area contributed by atoms with Gasteiger partial charge in [-0.15, -0.1) is 0 Å². The highest BCUT2D eigenvalue weighted by atomic mass is 16.2. The van der Waals surface area contributed by atoms with E-state index in [1.54, 1.807) is 28.2 Å². The lowest BCUT2D eigenvalue weighted by Gasteiger charge is -2.19. The topological polar surface area (TPSA) is 119 Å². The Morgan fingerprint density at radius 1 is 1.23 bits per heavy atom. The third kappa shape index (κ3) is 3.19. The van der Waals surface area contributed by atoms with Crippen LogP contribution in [0.3, 0.4) is 0 Å². The molecular weight excluding hydrogens is 384 g/mol. The number of aryl methyl sites for hydroxylation is 1. The predicted molar refractivity (Wildman–Crippen MR) is 107 cm³/mol. The Bertz CT molecular complexity index is 1130. The van der Waals surface area contributed by atoms with Gasteiger partial charge in [0.2, 0.25) is 11.9 Å². The van der Waals surface area contributed by atoms with E-state index >= 15 is 0 Å². The summed E-state index contributed by atoms with van der Waals surface area (Å²) in [7, 11) is 0. The van der Waals surface area contributed by atoms with Crippen LogP contribution in [0.15, 0.2) is 37.2 Å². The van der Waals surface area contributed by atoms with E-state index in [4.69, 9.17) is 0 Å². The lowest BCUT2D eigenvalue weighted by atomic mass is 10.1. The Labute approximate surface area is 172 Å². The molecule has 3 aromatic rings. The number of fused-ring (bicyclic) bond motifs is 1. The Morgan fingerprint density at radius 2 is 2.10 bits per heavy atom. The fraction of sp³-hybridized carbons (Fsp3) is 0.350. The lowest BCUT2D eigenvalue weighted by molar-refractivity contribution is -0.118. The summed E-state index contributed by atoms with van der Waals surface area (Å²) in [6, 6.07) is -0.149. The zero-order valence-corrected chi connectivity index (χ0v) is 16.6. The van der Waals surface area contributed by atoms with Crippen LogP contribution >= 0.6 is 0 Å². The molecular formula is C20H20N8O2. The van der Waals surface area contributed by atoms with Crippen molar-refractivity contribution in [2.45, 2.75) is 26.3 Å². The summed E-state index contributed by atoms with van der Waals surface area (Å²) in [6.45, 7) is 4.59. The van der Waals surface area contributed by atoms with Crippen molar-refractivity contribution in [1.82, 2.24) is 29.7 Å². The number of hydrogen-bond donors (Lipinski definition) is 1. The van der Waals surface area contributed by atoms with Gasteiger partial charge in [-0.2, -0.15) is 5.10 Å². The van der Waals surface area contributed by atoms with Crippen LogP contribution in [0.4, 0.5) is 11.6 Å². The Kier molecular flexibility index (Phi) is 4.27. The van der Waals surface area contributed by atoms with Crippen molar-refractivity contribution in [3.8, 4) is 0 Å². The van der Waals surface area contributed by atoms with E-state index in [1.165, 1.54) is 18.6 Å². The van der Waals surface area contributed by atoms with Crippen LogP contribution in [-0.4, -0.2) is 48.1 Å². The Hall–Kier alpha value is -3.69. The van der Waals surface area contributed by atoms with Crippen molar-refractivity contribution in [1.29, 1.82) is 0 Å². The molecule has 0 aromatic carbocycles. The highest BCUT2D eigenvalue weighted by Crippen LogP contribution is 2.46. The van der Waals surface area contributed by atoms with Gasteiger partial charge in [0.1, 0.15) is 5.69 Å². The smallest absolute Gasteiger partial charge is 0.275 e. The van der Waals surface area contributed by atoms with Crippen LogP contribution in [0.1, 0.15) is 41.1 Å². The average molecular weight is 404 g/mol. The quantitative estimate of drug-likeness (QED) is 0.686. The van der Waals surface area contributed by atoms with Gasteiger partial charge in [-0.05, 0) is 26.2 Å². The van der Waals surface area contributed by atoms with E-state index in [2.05, 4.69) is 30.4 Å². The Balaban J connectivity index is 1.31. The zero-order chi connectivity index (χ0) is 20.8. The predicted octanol–water partition coefficient (Wildman–Crippen LogP) is 1.62. The van der Waals surface area contributed by atoms with Crippen molar-refractivity contribution in [2.75, 3.05) is 16.8 Å². The van der Waals surface area contributed by atoms with Crippen molar-refractivity contribution in [3.63, 3.8) is 0 Å². The number of nitrogens with zero attached hydrogens (tertiary/aromatic N) is 7. The number of aromatic nitrogens is 6. The summed E-state index contributed by atoms with van der Waals surface area (Å²) < 4.78 is 1.73. The van der Waals surface area contributed by atoms with Crippen LogP contribution in [0.25, 0.3) is 0 Å². The molecule has 5 rings (SSSR count). The second kappa shape index (κ2) is 6.97. The first-order chi connectivity index (χ1) is 14.5. The molecule has 1 saturated heterocycles. The van der Waals surface area contributed by atoms with Crippen LogP contribution in [-0.2, 0) is 4.79 Å². The fourth-order valence-corrected chi connectivity index (χ4v) is 3.83. The summed E-state index contributed by atoms with van der Waals surface area (Å²) in [5.41, 5.74) is 2.47. The minimum absolute atomic E-state index is 0.135. The van der Waals surface area contributed by atoms with Crippen LogP contribution in [0.2, 0.25) is 0 Å². The summed E-state index contributed by atoms with van der Waals surface area (Å²) >= 11 is 0. The largest absolute Gasteiger partial charge is 0.318 e. The van der Waals surface area contributed by atoms with Crippen molar-refractivity contribution in [2.24, 2.45) is 11.8 Å². The molecule has 2 amide bonds. The molecule has 3 atom stereocenters. The van der Waals surface area contributed by atoms with Crippen molar-refractivity contribution >= 4 is 23.5 Å². The standard InChI is InChI=1S/C20H20N8O2/c1-11-16(7-23-20(25-11)27-9-13-5-15(13)19(27)30)12(2)28-10-14(6-24-28)26-18(29)17-8-21-3-4-22-17/h3-4,6-8,10,12-13,15H,5,9H2,1-2H3,(H,26,29)/t12-,13-,15-/m1/s1. The second-order valence-corrected chi connectivity index (χ2v) is 7.69. The molecule has 152 valence electrons. The zero-order valence-electron chi connectivity index (χ0n) is 16.6. The van der Waals surface area contributed by atoms with Crippen LogP contribution in [0, 0.1) is 18.8 Å². The van der Waals surface area contributed by atoms with Gasteiger partial charge in [-0.1, -0.05) is 0 Å². The highest BCUT2D eigenvalue weighted by molar-refractivity contribution is 6.02. The van der Waals surface area contributed by atoms with Gasteiger partial charge >= 0.3 is 0 Å². The molecule has 1 saturated carbocycles.